The molecule has 0 amide bonds. The van der Waals surface area contributed by atoms with E-state index < -0.39 is 15.0 Å². The van der Waals surface area contributed by atoms with Crippen LogP contribution < -0.4 is 4.74 Å². The molecule has 1 fully saturated rings. The standard InChI is InChI=1S/C28H29N3O6S/c1-21-2-12-28(13-3-21)38(34,35)36-17-15-25-19-23(14-16-30(25)20-29)18-22-4-8-26(9-5-22)37-27-10-6-24(7-11-27)31(32)33/h2-13,23,25H,14-19H2,1H3. The summed E-state index contributed by atoms with van der Waals surface area (Å²) < 4.78 is 36.0. The van der Waals surface area contributed by atoms with E-state index in [1.165, 1.54) is 24.3 Å². The van der Waals surface area contributed by atoms with Crippen molar-refractivity contribution in [1.29, 1.82) is 5.26 Å². The lowest BCUT2D eigenvalue weighted by atomic mass is 9.85. The Bertz CT molecular complexity index is 1380. The van der Waals surface area contributed by atoms with Crippen molar-refractivity contribution in [1.82, 2.24) is 4.90 Å². The predicted octanol–water partition coefficient (Wildman–Crippen LogP) is 5.60. The van der Waals surface area contributed by atoms with Gasteiger partial charge in [0, 0.05) is 24.7 Å². The predicted molar refractivity (Wildman–Crippen MR) is 141 cm³/mol. The second-order valence-electron chi connectivity index (χ2n) is 9.42. The van der Waals surface area contributed by atoms with Gasteiger partial charge in [-0.25, -0.2) is 0 Å². The Kier molecular flexibility index (Phi) is 8.61. The summed E-state index contributed by atoms with van der Waals surface area (Å²) in [6, 6.07) is 20.1. The van der Waals surface area contributed by atoms with Crippen LogP contribution >= 0.6 is 0 Å². The van der Waals surface area contributed by atoms with Crippen LogP contribution in [-0.4, -0.2) is 37.4 Å². The Balaban J connectivity index is 1.30. The zero-order chi connectivity index (χ0) is 27.1. The number of non-ortho nitro benzene ring substituents is 1. The second kappa shape index (κ2) is 12.1. The van der Waals surface area contributed by atoms with E-state index in [1.54, 1.807) is 29.2 Å². The highest BCUT2D eigenvalue weighted by atomic mass is 32.2. The molecule has 0 N–H and O–H groups in total. The normalized spacial score (nSPS) is 17.5. The zero-order valence-corrected chi connectivity index (χ0v) is 21.8. The Hall–Kier alpha value is -3.94. The van der Waals surface area contributed by atoms with Crippen LogP contribution in [0.1, 0.15) is 30.4 Å². The Labute approximate surface area is 222 Å². The van der Waals surface area contributed by atoms with Gasteiger partial charge in [0.2, 0.25) is 0 Å². The zero-order valence-electron chi connectivity index (χ0n) is 21.0. The van der Waals surface area contributed by atoms with Crippen LogP contribution in [0.5, 0.6) is 11.5 Å². The Morgan fingerprint density at radius 3 is 2.26 bits per heavy atom. The van der Waals surface area contributed by atoms with Crippen molar-refractivity contribution in [3.05, 3.63) is 94.0 Å². The van der Waals surface area contributed by atoms with Crippen LogP contribution in [0.15, 0.2) is 77.7 Å². The maximum Gasteiger partial charge on any atom is 0.296 e. The minimum absolute atomic E-state index is 0.00732. The molecular weight excluding hydrogens is 506 g/mol. The van der Waals surface area contributed by atoms with E-state index in [1.807, 2.05) is 31.2 Å². The molecule has 198 valence electrons. The molecular formula is C28H29N3O6S. The number of likely N-dealkylation sites (tertiary alicyclic amines) is 1. The van der Waals surface area contributed by atoms with Gasteiger partial charge in [0.1, 0.15) is 11.5 Å². The summed E-state index contributed by atoms with van der Waals surface area (Å²) in [5.41, 5.74) is 2.11. The monoisotopic (exact) mass is 535 g/mol. The number of nitriles is 1. The third-order valence-corrected chi connectivity index (χ3v) is 8.01. The fourth-order valence-corrected chi connectivity index (χ4v) is 5.51. The van der Waals surface area contributed by atoms with E-state index in [-0.39, 0.29) is 23.2 Å². The third kappa shape index (κ3) is 7.09. The van der Waals surface area contributed by atoms with E-state index in [0.717, 1.165) is 30.4 Å². The molecule has 3 aromatic rings. The number of rotatable bonds is 10. The van der Waals surface area contributed by atoms with Crippen LogP contribution in [0.3, 0.4) is 0 Å². The molecule has 0 radical (unpaired) electrons. The topological polar surface area (TPSA) is 123 Å². The number of benzene rings is 3. The molecule has 1 aliphatic rings. The first kappa shape index (κ1) is 27.1. The molecule has 0 aliphatic carbocycles. The molecule has 9 nitrogen and oxygen atoms in total. The summed E-state index contributed by atoms with van der Waals surface area (Å²) in [6.45, 7) is 2.52. The van der Waals surface area contributed by atoms with Crippen molar-refractivity contribution < 1.29 is 22.3 Å². The first-order chi connectivity index (χ1) is 18.2. The molecule has 1 saturated heterocycles. The molecule has 10 heteroatoms. The maximum absolute atomic E-state index is 12.5. The minimum atomic E-state index is -3.84. The molecule has 1 aliphatic heterocycles. The molecule has 2 unspecified atom stereocenters. The molecule has 0 saturated carbocycles. The summed E-state index contributed by atoms with van der Waals surface area (Å²) in [6.07, 6.45) is 5.14. The van der Waals surface area contributed by atoms with Crippen molar-refractivity contribution >= 4 is 15.8 Å². The van der Waals surface area contributed by atoms with Crippen LogP contribution in [0.2, 0.25) is 0 Å². The van der Waals surface area contributed by atoms with E-state index in [4.69, 9.17) is 8.92 Å². The number of ether oxygens (including phenoxy) is 1. The average molecular weight is 536 g/mol. The van der Waals surface area contributed by atoms with Crippen LogP contribution in [0.25, 0.3) is 0 Å². The largest absolute Gasteiger partial charge is 0.457 e. The van der Waals surface area contributed by atoms with Crippen molar-refractivity contribution in [2.24, 2.45) is 5.92 Å². The first-order valence-electron chi connectivity index (χ1n) is 12.4. The fourth-order valence-electron chi connectivity index (χ4n) is 4.59. The quantitative estimate of drug-likeness (QED) is 0.142. The number of piperidine rings is 1. The number of hydrogen-bond acceptors (Lipinski definition) is 8. The van der Waals surface area contributed by atoms with Gasteiger partial charge in [-0.1, -0.05) is 29.8 Å². The van der Waals surface area contributed by atoms with Crippen LogP contribution in [0.4, 0.5) is 5.69 Å². The molecule has 1 heterocycles. The van der Waals surface area contributed by atoms with Crippen LogP contribution in [0, 0.1) is 34.4 Å². The maximum atomic E-state index is 12.5. The third-order valence-electron chi connectivity index (χ3n) is 6.68. The lowest BCUT2D eigenvalue weighted by Gasteiger charge is -2.36. The highest BCUT2D eigenvalue weighted by Crippen LogP contribution is 2.29. The molecule has 0 spiro atoms. The van der Waals surface area contributed by atoms with E-state index in [0.29, 0.717) is 30.4 Å². The lowest BCUT2D eigenvalue weighted by molar-refractivity contribution is -0.384. The van der Waals surface area contributed by atoms with Gasteiger partial charge >= 0.3 is 0 Å². The molecule has 0 aromatic heterocycles. The fraction of sp³-hybridized carbons (Fsp3) is 0.321. The average Bonchev–Trinajstić information content (AvgIpc) is 2.90. The van der Waals surface area contributed by atoms with Crippen LogP contribution in [-0.2, 0) is 20.7 Å². The van der Waals surface area contributed by atoms with Gasteiger partial charge in [0.25, 0.3) is 15.8 Å². The number of nitro benzene ring substituents is 1. The van der Waals surface area contributed by atoms with Crippen molar-refractivity contribution in [2.75, 3.05) is 13.2 Å². The highest BCUT2D eigenvalue weighted by Gasteiger charge is 2.28. The number of aryl methyl sites for hydroxylation is 1. The highest BCUT2D eigenvalue weighted by molar-refractivity contribution is 7.86. The summed E-state index contributed by atoms with van der Waals surface area (Å²) in [5.74, 6) is 1.49. The smallest absolute Gasteiger partial charge is 0.296 e. The molecule has 3 aromatic carbocycles. The van der Waals surface area contributed by atoms with Gasteiger partial charge in [-0.3, -0.25) is 14.3 Å². The van der Waals surface area contributed by atoms with E-state index in [9.17, 15) is 23.8 Å². The van der Waals surface area contributed by atoms with Gasteiger partial charge in [-0.2, -0.15) is 13.7 Å². The summed E-state index contributed by atoms with van der Waals surface area (Å²) >= 11 is 0. The molecule has 4 rings (SSSR count). The summed E-state index contributed by atoms with van der Waals surface area (Å²) in [5, 5.41) is 20.4. The van der Waals surface area contributed by atoms with Gasteiger partial charge in [0.05, 0.1) is 16.4 Å². The second-order valence-corrected chi connectivity index (χ2v) is 11.0. The Morgan fingerprint density at radius 1 is 1.03 bits per heavy atom. The van der Waals surface area contributed by atoms with Gasteiger partial charge in [-0.15, -0.1) is 0 Å². The number of nitrogens with zero attached hydrogens (tertiary/aromatic N) is 3. The van der Waals surface area contributed by atoms with Gasteiger partial charge < -0.3 is 9.64 Å². The lowest BCUT2D eigenvalue weighted by Crippen LogP contribution is -2.40. The summed E-state index contributed by atoms with van der Waals surface area (Å²) in [4.78, 5) is 12.2. The van der Waals surface area contributed by atoms with E-state index >= 15 is 0 Å². The molecule has 2 atom stereocenters. The Morgan fingerprint density at radius 2 is 1.66 bits per heavy atom. The van der Waals surface area contributed by atoms with Crippen molar-refractivity contribution in [3.63, 3.8) is 0 Å². The van der Waals surface area contributed by atoms with Gasteiger partial charge in [0.15, 0.2) is 6.19 Å². The number of hydrogen-bond donors (Lipinski definition) is 0. The molecule has 38 heavy (non-hydrogen) atoms. The first-order valence-corrected chi connectivity index (χ1v) is 13.8. The van der Waals surface area contributed by atoms with Crippen molar-refractivity contribution in [2.45, 2.75) is 43.5 Å². The minimum Gasteiger partial charge on any atom is -0.457 e. The summed E-state index contributed by atoms with van der Waals surface area (Å²) in [7, 11) is -3.84. The SMILES string of the molecule is Cc1ccc(S(=O)(=O)OCCC2CC(Cc3ccc(Oc4ccc([N+](=O)[O-])cc4)cc3)CCN2C#N)cc1. The van der Waals surface area contributed by atoms with Crippen molar-refractivity contribution in [3.8, 4) is 17.7 Å². The number of nitro groups is 1. The molecule has 0 bridgehead atoms. The van der Waals surface area contributed by atoms with E-state index in [2.05, 4.69) is 6.19 Å². The van der Waals surface area contributed by atoms with Gasteiger partial charge in [-0.05, 0) is 80.5 Å².